The van der Waals surface area contributed by atoms with Crippen LogP contribution in [0, 0.1) is 10.1 Å². The third kappa shape index (κ3) is 4.15. The Kier molecular flexibility index (Phi) is 5.18. The summed E-state index contributed by atoms with van der Waals surface area (Å²) in [7, 11) is 0. The first-order valence-corrected chi connectivity index (χ1v) is 8.99. The molecule has 150 valence electrons. The van der Waals surface area contributed by atoms with Gasteiger partial charge in [-0.15, -0.1) is 15.0 Å². The van der Waals surface area contributed by atoms with Gasteiger partial charge in [-0.3, -0.25) is 14.9 Å². The molecule has 1 amide bonds. The number of nitro benzene ring substituents is 1. The van der Waals surface area contributed by atoms with Crippen LogP contribution < -0.4 is 5.32 Å². The molecule has 0 fully saturated rings. The maximum absolute atomic E-state index is 12.4. The number of nitrogens with zero attached hydrogens (tertiary/aromatic N) is 7. The molecule has 2 aromatic heterocycles. The Bertz CT molecular complexity index is 1220. The number of tetrazole rings is 1. The first-order chi connectivity index (χ1) is 14.5. The second-order valence-electron chi connectivity index (χ2n) is 6.11. The number of nitrogens with one attached hydrogen (secondary N) is 1. The standard InChI is InChI=1S/C18H13ClN8O3/c19-13-6-7-14(16(10-13)27(29)30)20-18(28)15-8-9-25(22-15)11-26-23-17(21-24-26)12-4-2-1-3-5-12/h1-10H,11H2,(H,20,28). The molecule has 0 radical (unpaired) electrons. The van der Waals surface area contributed by atoms with Crippen LogP contribution in [0.5, 0.6) is 0 Å². The minimum atomic E-state index is -0.624. The summed E-state index contributed by atoms with van der Waals surface area (Å²) in [6, 6.07) is 14.8. The highest BCUT2D eigenvalue weighted by molar-refractivity contribution is 6.31. The van der Waals surface area contributed by atoms with Gasteiger partial charge in [-0.05, 0) is 23.4 Å². The lowest BCUT2D eigenvalue weighted by molar-refractivity contribution is -0.383. The van der Waals surface area contributed by atoms with Crippen LogP contribution in [-0.4, -0.2) is 40.8 Å². The topological polar surface area (TPSA) is 134 Å². The molecule has 0 spiro atoms. The number of anilines is 1. The molecule has 4 rings (SSSR count). The summed E-state index contributed by atoms with van der Waals surface area (Å²) in [6.07, 6.45) is 1.57. The van der Waals surface area contributed by atoms with Crippen LogP contribution in [0.3, 0.4) is 0 Å². The summed E-state index contributed by atoms with van der Waals surface area (Å²) in [6.45, 7) is 0.133. The van der Waals surface area contributed by atoms with Gasteiger partial charge in [0, 0.05) is 22.8 Å². The van der Waals surface area contributed by atoms with Gasteiger partial charge in [0.15, 0.2) is 12.4 Å². The maximum atomic E-state index is 12.4. The number of nitro groups is 1. The fourth-order valence-corrected chi connectivity index (χ4v) is 2.81. The van der Waals surface area contributed by atoms with Gasteiger partial charge < -0.3 is 5.32 Å². The lowest BCUT2D eigenvalue weighted by atomic mass is 10.2. The van der Waals surface area contributed by atoms with Gasteiger partial charge in [-0.25, -0.2) is 4.68 Å². The minimum absolute atomic E-state index is 0.0226. The SMILES string of the molecule is O=C(Nc1ccc(Cl)cc1[N+](=O)[O-])c1ccn(Cn2nnc(-c3ccccc3)n2)n1. The Hall–Kier alpha value is -4.12. The zero-order valence-corrected chi connectivity index (χ0v) is 16.0. The van der Waals surface area contributed by atoms with E-state index in [0.29, 0.717) is 5.82 Å². The van der Waals surface area contributed by atoms with Crippen LogP contribution in [0.25, 0.3) is 11.4 Å². The summed E-state index contributed by atoms with van der Waals surface area (Å²) in [5.41, 5.74) is 0.612. The van der Waals surface area contributed by atoms with Gasteiger partial charge in [0.2, 0.25) is 5.82 Å². The van der Waals surface area contributed by atoms with Crippen molar-refractivity contribution in [3.05, 3.63) is 81.6 Å². The van der Waals surface area contributed by atoms with Crippen molar-refractivity contribution in [1.82, 2.24) is 30.0 Å². The highest BCUT2D eigenvalue weighted by Crippen LogP contribution is 2.28. The number of rotatable bonds is 6. The van der Waals surface area contributed by atoms with Gasteiger partial charge in [-0.2, -0.15) is 5.10 Å². The number of hydrogen-bond donors (Lipinski definition) is 1. The summed E-state index contributed by atoms with van der Waals surface area (Å²) < 4.78 is 1.45. The lowest BCUT2D eigenvalue weighted by Gasteiger charge is -2.05. The molecule has 12 heteroatoms. The highest BCUT2D eigenvalue weighted by atomic mass is 35.5. The second-order valence-corrected chi connectivity index (χ2v) is 6.54. The number of carbonyl (C=O) groups excluding carboxylic acids is 1. The van der Waals surface area contributed by atoms with Gasteiger partial charge in [0.05, 0.1) is 4.92 Å². The Labute approximate surface area is 174 Å². The first kappa shape index (κ1) is 19.2. The van der Waals surface area contributed by atoms with Crippen LogP contribution in [-0.2, 0) is 6.67 Å². The fourth-order valence-electron chi connectivity index (χ4n) is 2.64. The number of halogens is 1. The summed E-state index contributed by atoms with van der Waals surface area (Å²) >= 11 is 5.78. The van der Waals surface area contributed by atoms with Crippen molar-refractivity contribution >= 4 is 28.9 Å². The molecule has 0 bridgehead atoms. The first-order valence-electron chi connectivity index (χ1n) is 8.61. The van der Waals surface area contributed by atoms with Gasteiger partial charge in [0.25, 0.3) is 11.6 Å². The lowest BCUT2D eigenvalue weighted by Crippen LogP contribution is -2.16. The van der Waals surface area contributed by atoms with E-state index in [1.807, 2.05) is 30.3 Å². The van der Waals surface area contributed by atoms with Crippen LogP contribution in [0.1, 0.15) is 10.5 Å². The van der Waals surface area contributed by atoms with Crippen LogP contribution in [0.15, 0.2) is 60.8 Å². The summed E-state index contributed by atoms with van der Waals surface area (Å²) in [5.74, 6) is -0.133. The normalized spacial score (nSPS) is 10.7. The number of hydrogen-bond acceptors (Lipinski definition) is 7. The Morgan fingerprint density at radius 1 is 1.13 bits per heavy atom. The fraction of sp³-hybridized carbons (Fsp3) is 0.0556. The van der Waals surface area contributed by atoms with Crippen molar-refractivity contribution in [3.63, 3.8) is 0 Å². The molecule has 30 heavy (non-hydrogen) atoms. The highest BCUT2D eigenvalue weighted by Gasteiger charge is 2.18. The van der Waals surface area contributed by atoms with E-state index in [1.165, 1.54) is 27.7 Å². The van der Waals surface area contributed by atoms with Crippen molar-refractivity contribution in [2.45, 2.75) is 6.67 Å². The smallest absolute Gasteiger partial charge is 0.294 e. The molecule has 0 saturated carbocycles. The molecule has 2 heterocycles. The number of benzene rings is 2. The van der Waals surface area contributed by atoms with E-state index in [-0.39, 0.29) is 28.8 Å². The van der Waals surface area contributed by atoms with Crippen LogP contribution in [0.2, 0.25) is 5.02 Å². The molecule has 11 nitrogen and oxygen atoms in total. The predicted octanol–water partition coefficient (Wildman–Crippen LogP) is 2.86. The Morgan fingerprint density at radius 2 is 1.93 bits per heavy atom. The number of amides is 1. The van der Waals surface area contributed by atoms with Crippen molar-refractivity contribution in [1.29, 1.82) is 0 Å². The molecule has 0 unspecified atom stereocenters. The summed E-state index contributed by atoms with van der Waals surface area (Å²) in [5, 5.41) is 30.2. The Balaban J connectivity index is 1.46. The van der Waals surface area contributed by atoms with Gasteiger partial charge >= 0.3 is 0 Å². The Morgan fingerprint density at radius 3 is 2.70 bits per heavy atom. The minimum Gasteiger partial charge on any atom is -0.315 e. The zero-order valence-electron chi connectivity index (χ0n) is 15.2. The maximum Gasteiger partial charge on any atom is 0.294 e. The monoisotopic (exact) mass is 424 g/mol. The van der Waals surface area contributed by atoms with Crippen molar-refractivity contribution in [3.8, 4) is 11.4 Å². The van der Waals surface area contributed by atoms with Gasteiger partial charge in [-0.1, -0.05) is 41.9 Å². The molecule has 1 N–H and O–H groups in total. The van der Waals surface area contributed by atoms with E-state index in [1.54, 1.807) is 6.20 Å². The van der Waals surface area contributed by atoms with Crippen molar-refractivity contribution < 1.29 is 9.72 Å². The van der Waals surface area contributed by atoms with Crippen LogP contribution >= 0.6 is 11.6 Å². The van der Waals surface area contributed by atoms with E-state index >= 15 is 0 Å². The summed E-state index contributed by atoms with van der Waals surface area (Å²) in [4.78, 5) is 24.3. The number of aromatic nitrogens is 6. The van der Waals surface area contributed by atoms with Crippen LogP contribution in [0.4, 0.5) is 11.4 Å². The van der Waals surface area contributed by atoms with E-state index in [9.17, 15) is 14.9 Å². The van der Waals surface area contributed by atoms with Gasteiger partial charge in [0.1, 0.15) is 5.69 Å². The molecule has 0 atom stereocenters. The number of carbonyl (C=O) groups is 1. The average molecular weight is 425 g/mol. The zero-order chi connectivity index (χ0) is 21.1. The quantitative estimate of drug-likeness (QED) is 0.371. The molecule has 0 aliphatic heterocycles. The molecule has 0 aliphatic rings. The van der Waals surface area contributed by atoms with Crippen molar-refractivity contribution in [2.24, 2.45) is 0 Å². The van der Waals surface area contributed by atoms with E-state index in [0.717, 1.165) is 11.6 Å². The van der Waals surface area contributed by atoms with E-state index in [4.69, 9.17) is 11.6 Å². The molecular formula is C18H13ClN8O3. The third-order valence-corrected chi connectivity index (χ3v) is 4.27. The molecule has 0 saturated heterocycles. The van der Waals surface area contributed by atoms with E-state index < -0.39 is 10.8 Å². The molecular weight excluding hydrogens is 412 g/mol. The third-order valence-electron chi connectivity index (χ3n) is 4.03. The molecule has 2 aromatic carbocycles. The van der Waals surface area contributed by atoms with E-state index in [2.05, 4.69) is 25.8 Å². The molecule has 4 aromatic rings. The predicted molar refractivity (Wildman–Crippen MR) is 107 cm³/mol. The average Bonchev–Trinajstić information content (AvgIpc) is 3.40. The largest absolute Gasteiger partial charge is 0.315 e. The second kappa shape index (κ2) is 8.09. The molecule has 0 aliphatic carbocycles. The van der Waals surface area contributed by atoms with Crippen molar-refractivity contribution in [2.75, 3.05) is 5.32 Å².